The fourth-order valence-electron chi connectivity index (χ4n) is 1.77. The molecule has 1 aromatic carbocycles. The molecule has 0 spiro atoms. The molecule has 0 radical (unpaired) electrons. The van der Waals surface area contributed by atoms with Crippen molar-refractivity contribution in [2.75, 3.05) is 6.54 Å². The Morgan fingerprint density at radius 1 is 1.42 bits per heavy atom. The molecule has 1 N–H and O–H groups in total. The van der Waals surface area contributed by atoms with Gasteiger partial charge < -0.3 is 5.32 Å². The maximum Gasteiger partial charge on any atom is 0.0872 e. The van der Waals surface area contributed by atoms with Crippen molar-refractivity contribution in [1.29, 1.82) is 0 Å². The highest BCUT2D eigenvalue weighted by Gasteiger charge is 1.95. The van der Waals surface area contributed by atoms with Crippen molar-refractivity contribution in [2.45, 2.75) is 13.5 Å². The van der Waals surface area contributed by atoms with Gasteiger partial charge in [0.05, 0.1) is 6.33 Å². The van der Waals surface area contributed by atoms with Crippen LogP contribution in [0.1, 0.15) is 18.1 Å². The monoisotopic (exact) mass is 257 g/mol. The fraction of sp³-hybridized carbons (Fsp3) is 0.176. The lowest BCUT2D eigenvalue weighted by molar-refractivity contribution is 0.727. The Labute approximate surface area is 114 Å². The highest BCUT2D eigenvalue weighted by Crippen LogP contribution is 2.07. The van der Waals surface area contributed by atoms with Crippen LogP contribution in [0.3, 0.4) is 0 Å². The van der Waals surface area contributed by atoms with Gasteiger partial charge in [-0.2, -0.15) is 0 Å². The van der Waals surface area contributed by atoms with Gasteiger partial charge in [-0.1, -0.05) is 55.1 Å². The van der Waals surface area contributed by atoms with Crippen LogP contribution in [0.2, 0.25) is 0 Å². The lowest BCUT2D eigenvalue weighted by Crippen LogP contribution is -2.15. The van der Waals surface area contributed by atoms with Crippen LogP contribution in [-0.4, -0.2) is 6.54 Å². The Morgan fingerprint density at radius 2 is 2.26 bits per heavy atom. The Balaban J connectivity index is 2.54. The SMILES string of the molecule is C=C/C=C(\C=C/C)CNCc1cccc(/C=C\F)c1. The van der Waals surface area contributed by atoms with Crippen molar-refractivity contribution in [1.82, 2.24) is 5.32 Å². The topological polar surface area (TPSA) is 12.0 Å². The summed E-state index contributed by atoms with van der Waals surface area (Å²) in [7, 11) is 0. The molecule has 2 heteroatoms. The van der Waals surface area contributed by atoms with E-state index in [-0.39, 0.29) is 0 Å². The van der Waals surface area contributed by atoms with Gasteiger partial charge in [0.1, 0.15) is 0 Å². The standard InChI is InChI=1S/C17H20FN/c1-3-6-16(7-4-2)13-19-14-17-9-5-8-15(12-17)10-11-18/h3-12,19H,1,13-14H2,2H3/b7-4-,11-10-,16-6+. The molecule has 1 rings (SSSR count). The van der Waals surface area contributed by atoms with Crippen molar-refractivity contribution in [3.05, 3.63) is 78.2 Å². The van der Waals surface area contributed by atoms with Crippen LogP contribution < -0.4 is 5.32 Å². The van der Waals surface area contributed by atoms with Crippen molar-refractivity contribution in [3.63, 3.8) is 0 Å². The first kappa shape index (κ1) is 15.1. The normalized spacial score (nSPS) is 12.4. The van der Waals surface area contributed by atoms with Gasteiger partial charge in [0.25, 0.3) is 0 Å². The van der Waals surface area contributed by atoms with Gasteiger partial charge in [-0.25, -0.2) is 4.39 Å². The highest BCUT2D eigenvalue weighted by atomic mass is 19.1. The lowest BCUT2D eigenvalue weighted by Gasteiger charge is -2.06. The van der Waals surface area contributed by atoms with Gasteiger partial charge in [0.2, 0.25) is 0 Å². The van der Waals surface area contributed by atoms with Crippen molar-refractivity contribution < 1.29 is 4.39 Å². The van der Waals surface area contributed by atoms with E-state index in [0.717, 1.165) is 24.2 Å². The molecule has 0 atom stereocenters. The second-order valence-electron chi connectivity index (χ2n) is 4.12. The summed E-state index contributed by atoms with van der Waals surface area (Å²) in [4.78, 5) is 0. The summed E-state index contributed by atoms with van der Waals surface area (Å²) in [6.07, 6.45) is 9.83. The number of benzene rings is 1. The highest BCUT2D eigenvalue weighted by molar-refractivity contribution is 5.49. The number of hydrogen-bond donors (Lipinski definition) is 1. The predicted octanol–water partition coefficient (Wildman–Crippen LogP) is 4.40. The smallest absolute Gasteiger partial charge is 0.0872 e. The molecule has 0 fully saturated rings. The summed E-state index contributed by atoms with van der Waals surface area (Å²) in [6.45, 7) is 7.22. The second-order valence-corrected chi connectivity index (χ2v) is 4.12. The maximum absolute atomic E-state index is 12.1. The van der Waals surface area contributed by atoms with Gasteiger partial charge in [0.15, 0.2) is 0 Å². The zero-order valence-electron chi connectivity index (χ0n) is 11.3. The molecule has 100 valence electrons. The minimum absolute atomic E-state index is 0.559. The Kier molecular flexibility index (Phi) is 7.21. The third kappa shape index (κ3) is 5.98. The third-order valence-electron chi connectivity index (χ3n) is 2.58. The van der Waals surface area contributed by atoms with Crippen LogP contribution in [-0.2, 0) is 6.54 Å². The molecule has 0 aliphatic rings. The van der Waals surface area contributed by atoms with Crippen molar-refractivity contribution >= 4 is 6.08 Å². The molecule has 0 aromatic heterocycles. The van der Waals surface area contributed by atoms with Crippen LogP contribution >= 0.6 is 0 Å². The van der Waals surface area contributed by atoms with E-state index in [1.54, 1.807) is 6.08 Å². The molecule has 0 unspecified atom stereocenters. The Bertz CT molecular complexity index is 484. The third-order valence-corrected chi connectivity index (χ3v) is 2.58. The molecule has 1 nitrogen and oxygen atoms in total. The zero-order valence-corrected chi connectivity index (χ0v) is 11.3. The van der Waals surface area contributed by atoms with Crippen LogP contribution in [0.5, 0.6) is 0 Å². The fourth-order valence-corrected chi connectivity index (χ4v) is 1.77. The molecule has 0 aliphatic carbocycles. The van der Waals surface area contributed by atoms with E-state index >= 15 is 0 Å². The van der Waals surface area contributed by atoms with E-state index < -0.39 is 0 Å². The molecule has 0 aliphatic heterocycles. The first-order valence-electron chi connectivity index (χ1n) is 6.31. The average molecular weight is 257 g/mol. The van der Waals surface area contributed by atoms with Crippen LogP contribution in [0.4, 0.5) is 4.39 Å². The molecular weight excluding hydrogens is 237 g/mol. The average Bonchev–Trinajstić information content (AvgIpc) is 2.40. The molecule has 19 heavy (non-hydrogen) atoms. The first-order valence-corrected chi connectivity index (χ1v) is 6.31. The van der Waals surface area contributed by atoms with E-state index in [2.05, 4.69) is 18.0 Å². The molecule has 0 amide bonds. The minimum atomic E-state index is 0.559. The molecule has 0 saturated carbocycles. The number of halogens is 1. The second kappa shape index (κ2) is 9.06. The van der Waals surface area contributed by atoms with Crippen LogP contribution in [0.15, 0.2) is 67.1 Å². The van der Waals surface area contributed by atoms with Gasteiger partial charge in [-0.15, -0.1) is 0 Å². The molecule has 1 aromatic rings. The summed E-state index contributed by atoms with van der Waals surface area (Å²) < 4.78 is 12.1. The van der Waals surface area contributed by atoms with Crippen LogP contribution in [0.25, 0.3) is 6.08 Å². The number of rotatable bonds is 7. The van der Waals surface area contributed by atoms with Crippen LogP contribution in [0, 0.1) is 0 Å². The van der Waals surface area contributed by atoms with Gasteiger partial charge in [-0.05, 0) is 29.7 Å². The number of hydrogen-bond acceptors (Lipinski definition) is 1. The zero-order chi connectivity index (χ0) is 13.9. The molecular formula is C17H20FN. The van der Waals surface area contributed by atoms with Crippen molar-refractivity contribution in [3.8, 4) is 0 Å². The quantitative estimate of drug-likeness (QED) is 0.714. The lowest BCUT2D eigenvalue weighted by atomic mass is 10.1. The number of allylic oxidation sites excluding steroid dienone is 3. The van der Waals surface area contributed by atoms with E-state index in [4.69, 9.17) is 0 Å². The summed E-state index contributed by atoms with van der Waals surface area (Å²) in [5, 5.41) is 3.36. The van der Waals surface area contributed by atoms with E-state index in [1.165, 1.54) is 11.6 Å². The summed E-state index contributed by atoms with van der Waals surface area (Å²) in [6, 6.07) is 7.80. The van der Waals surface area contributed by atoms with E-state index in [0.29, 0.717) is 6.33 Å². The summed E-state index contributed by atoms with van der Waals surface area (Å²) >= 11 is 0. The number of nitrogens with one attached hydrogen (secondary N) is 1. The largest absolute Gasteiger partial charge is 0.309 e. The molecule has 0 heterocycles. The van der Waals surface area contributed by atoms with E-state index in [9.17, 15) is 4.39 Å². The summed E-state index contributed by atoms with van der Waals surface area (Å²) in [5.74, 6) is 0. The van der Waals surface area contributed by atoms with Gasteiger partial charge in [0, 0.05) is 13.1 Å². The molecule has 0 saturated heterocycles. The molecule has 0 bridgehead atoms. The summed E-state index contributed by atoms with van der Waals surface area (Å²) in [5.41, 5.74) is 3.18. The Hall–Kier alpha value is -1.93. The Morgan fingerprint density at radius 3 is 2.95 bits per heavy atom. The van der Waals surface area contributed by atoms with E-state index in [1.807, 2.05) is 43.3 Å². The predicted molar refractivity (Wildman–Crippen MR) is 81.4 cm³/mol. The van der Waals surface area contributed by atoms with Gasteiger partial charge in [-0.3, -0.25) is 0 Å². The minimum Gasteiger partial charge on any atom is -0.309 e. The van der Waals surface area contributed by atoms with Gasteiger partial charge >= 0.3 is 0 Å². The maximum atomic E-state index is 12.1. The van der Waals surface area contributed by atoms with Crippen molar-refractivity contribution in [2.24, 2.45) is 0 Å². The first-order chi connectivity index (χ1) is 9.30.